The van der Waals surface area contributed by atoms with E-state index in [1.165, 1.54) is 0 Å². The van der Waals surface area contributed by atoms with E-state index >= 15 is 0 Å². The summed E-state index contributed by atoms with van der Waals surface area (Å²) in [6.45, 7) is 3.20. The molecule has 0 aromatic heterocycles. The second-order valence-corrected chi connectivity index (χ2v) is 2.61. The SMILES string of the molecule is C[C@H]1C(CN)C1CO. The fraction of sp³-hybridized carbons (Fsp3) is 1.00. The van der Waals surface area contributed by atoms with Crippen molar-refractivity contribution < 1.29 is 5.11 Å². The van der Waals surface area contributed by atoms with Crippen LogP contribution in [-0.2, 0) is 0 Å². The molecule has 3 N–H and O–H groups in total. The topological polar surface area (TPSA) is 46.2 Å². The molecule has 2 unspecified atom stereocenters. The Bertz CT molecular complexity index is 74.6. The van der Waals surface area contributed by atoms with Gasteiger partial charge in [0.05, 0.1) is 0 Å². The highest BCUT2D eigenvalue weighted by Crippen LogP contribution is 2.44. The van der Waals surface area contributed by atoms with Gasteiger partial charge in [-0.2, -0.15) is 0 Å². The molecule has 2 heteroatoms. The van der Waals surface area contributed by atoms with Crippen molar-refractivity contribution in [2.75, 3.05) is 13.2 Å². The Labute approximate surface area is 49.7 Å². The Morgan fingerprint density at radius 2 is 2.12 bits per heavy atom. The van der Waals surface area contributed by atoms with Crippen molar-refractivity contribution in [3.05, 3.63) is 0 Å². The Morgan fingerprint density at radius 1 is 1.50 bits per heavy atom. The summed E-state index contributed by atoms with van der Waals surface area (Å²) in [4.78, 5) is 0. The molecule has 2 nitrogen and oxygen atoms in total. The zero-order chi connectivity index (χ0) is 6.15. The van der Waals surface area contributed by atoms with Crippen molar-refractivity contribution in [2.24, 2.45) is 23.5 Å². The first-order valence-corrected chi connectivity index (χ1v) is 3.12. The van der Waals surface area contributed by atoms with Crippen molar-refractivity contribution in [2.45, 2.75) is 6.92 Å². The van der Waals surface area contributed by atoms with Crippen LogP contribution in [0.15, 0.2) is 0 Å². The van der Waals surface area contributed by atoms with Crippen LogP contribution >= 0.6 is 0 Å². The lowest BCUT2D eigenvalue weighted by Crippen LogP contribution is -2.03. The molecule has 1 rings (SSSR count). The van der Waals surface area contributed by atoms with E-state index < -0.39 is 0 Å². The van der Waals surface area contributed by atoms with E-state index in [0.717, 1.165) is 6.54 Å². The fourth-order valence-corrected chi connectivity index (χ4v) is 1.33. The number of aliphatic hydroxyl groups is 1. The van der Waals surface area contributed by atoms with Gasteiger partial charge >= 0.3 is 0 Å². The second kappa shape index (κ2) is 2.03. The van der Waals surface area contributed by atoms with Gasteiger partial charge in [0.2, 0.25) is 0 Å². The van der Waals surface area contributed by atoms with Crippen LogP contribution in [0.2, 0.25) is 0 Å². The Hall–Kier alpha value is -0.0800. The molecule has 0 bridgehead atoms. The molecular weight excluding hydrogens is 102 g/mol. The predicted octanol–water partition coefficient (Wildman–Crippen LogP) is -0.180. The van der Waals surface area contributed by atoms with Crippen LogP contribution in [-0.4, -0.2) is 18.3 Å². The molecular formula is C6H13NO. The number of hydrogen-bond acceptors (Lipinski definition) is 2. The van der Waals surface area contributed by atoms with Crippen LogP contribution in [0.25, 0.3) is 0 Å². The van der Waals surface area contributed by atoms with Gasteiger partial charge < -0.3 is 10.8 Å². The lowest BCUT2D eigenvalue weighted by atomic mass is 10.3. The first-order valence-electron chi connectivity index (χ1n) is 3.12. The van der Waals surface area contributed by atoms with Crippen LogP contribution in [0.1, 0.15) is 6.92 Å². The Kier molecular flexibility index (Phi) is 1.54. The highest BCUT2D eigenvalue weighted by atomic mass is 16.3. The third-order valence-corrected chi connectivity index (χ3v) is 2.24. The molecule has 48 valence electrons. The van der Waals surface area contributed by atoms with Crippen molar-refractivity contribution in [3.8, 4) is 0 Å². The predicted molar refractivity (Wildman–Crippen MR) is 32.3 cm³/mol. The molecule has 1 fully saturated rings. The first-order chi connectivity index (χ1) is 3.81. The maximum Gasteiger partial charge on any atom is 0.0465 e. The first kappa shape index (κ1) is 6.05. The number of rotatable bonds is 2. The molecule has 3 atom stereocenters. The van der Waals surface area contributed by atoms with Gasteiger partial charge in [0.25, 0.3) is 0 Å². The van der Waals surface area contributed by atoms with Gasteiger partial charge in [-0.3, -0.25) is 0 Å². The standard InChI is InChI=1S/C6H13NO/c1-4-5(2-7)6(4)3-8/h4-6,8H,2-3,7H2,1H3/t4-,5?,6?/m0/s1. The second-order valence-electron chi connectivity index (χ2n) is 2.61. The van der Waals surface area contributed by atoms with Gasteiger partial charge in [-0.1, -0.05) is 6.92 Å². The van der Waals surface area contributed by atoms with Gasteiger partial charge in [0, 0.05) is 6.61 Å². The number of hydrogen-bond donors (Lipinski definition) is 2. The minimum absolute atomic E-state index is 0.322. The van der Waals surface area contributed by atoms with Gasteiger partial charge in [-0.05, 0) is 24.3 Å². The zero-order valence-electron chi connectivity index (χ0n) is 5.17. The van der Waals surface area contributed by atoms with E-state index in [1.807, 2.05) is 0 Å². The van der Waals surface area contributed by atoms with E-state index in [4.69, 9.17) is 10.8 Å². The maximum absolute atomic E-state index is 8.62. The van der Waals surface area contributed by atoms with E-state index in [0.29, 0.717) is 24.4 Å². The number of aliphatic hydroxyl groups excluding tert-OH is 1. The van der Waals surface area contributed by atoms with E-state index in [1.54, 1.807) is 0 Å². The summed E-state index contributed by atoms with van der Waals surface area (Å²) in [5.74, 6) is 1.80. The van der Waals surface area contributed by atoms with E-state index in [2.05, 4.69) is 6.92 Å². The van der Waals surface area contributed by atoms with Gasteiger partial charge in [0.15, 0.2) is 0 Å². The lowest BCUT2D eigenvalue weighted by Gasteiger charge is -1.85. The van der Waals surface area contributed by atoms with Crippen molar-refractivity contribution in [3.63, 3.8) is 0 Å². The maximum atomic E-state index is 8.62. The van der Waals surface area contributed by atoms with Crippen molar-refractivity contribution in [1.29, 1.82) is 0 Å². The average Bonchev–Trinajstić information content (AvgIpc) is 2.40. The Balaban J connectivity index is 2.23. The summed E-state index contributed by atoms with van der Waals surface area (Å²) in [6.07, 6.45) is 0. The molecule has 1 aliphatic carbocycles. The van der Waals surface area contributed by atoms with Crippen LogP contribution in [0.4, 0.5) is 0 Å². The van der Waals surface area contributed by atoms with Crippen molar-refractivity contribution >= 4 is 0 Å². The lowest BCUT2D eigenvalue weighted by molar-refractivity contribution is 0.265. The van der Waals surface area contributed by atoms with Crippen LogP contribution in [0, 0.1) is 17.8 Å². The van der Waals surface area contributed by atoms with E-state index in [9.17, 15) is 0 Å². The molecule has 8 heavy (non-hydrogen) atoms. The summed E-state index contributed by atoms with van der Waals surface area (Å²) >= 11 is 0. The molecule has 0 spiro atoms. The summed E-state index contributed by atoms with van der Waals surface area (Å²) < 4.78 is 0. The molecule has 0 heterocycles. The highest BCUT2D eigenvalue weighted by Gasteiger charge is 2.44. The smallest absolute Gasteiger partial charge is 0.0465 e. The Morgan fingerprint density at radius 3 is 2.25 bits per heavy atom. The summed E-state index contributed by atoms with van der Waals surface area (Å²) in [7, 11) is 0. The highest BCUT2D eigenvalue weighted by molar-refractivity contribution is 4.93. The third-order valence-electron chi connectivity index (χ3n) is 2.24. The third kappa shape index (κ3) is 0.740. The molecule has 0 radical (unpaired) electrons. The monoisotopic (exact) mass is 115 g/mol. The minimum atomic E-state index is 0.322. The molecule has 0 aliphatic heterocycles. The summed E-state index contributed by atoms with van der Waals surface area (Å²) in [5.41, 5.74) is 5.38. The van der Waals surface area contributed by atoms with Crippen LogP contribution in [0.5, 0.6) is 0 Å². The molecule has 0 aromatic rings. The number of nitrogens with two attached hydrogens (primary N) is 1. The molecule has 0 aromatic carbocycles. The van der Waals surface area contributed by atoms with Gasteiger partial charge in [-0.25, -0.2) is 0 Å². The minimum Gasteiger partial charge on any atom is -0.396 e. The van der Waals surface area contributed by atoms with Crippen LogP contribution in [0.3, 0.4) is 0 Å². The molecule has 1 aliphatic rings. The molecule has 0 amide bonds. The molecule has 1 saturated carbocycles. The van der Waals surface area contributed by atoms with Gasteiger partial charge in [0.1, 0.15) is 0 Å². The van der Waals surface area contributed by atoms with Crippen molar-refractivity contribution in [1.82, 2.24) is 0 Å². The molecule has 0 saturated heterocycles. The van der Waals surface area contributed by atoms with Gasteiger partial charge in [-0.15, -0.1) is 0 Å². The summed E-state index contributed by atoms with van der Waals surface area (Å²) in [5, 5.41) is 8.62. The van der Waals surface area contributed by atoms with Crippen LogP contribution < -0.4 is 5.73 Å². The quantitative estimate of drug-likeness (QED) is 0.524. The summed E-state index contributed by atoms with van der Waals surface area (Å²) in [6, 6.07) is 0. The largest absolute Gasteiger partial charge is 0.396 e. The average molecular weight is 115 g/mol. The van der Waals surface area contributed by atoms with E-state index in [-0.39, 0.29) is 0 Å². The zero-order valence-corrected chi connectivity index (χ0v) is 5.17. The normalized spacial score (nSPS) is 44.6. The fourth-order valence-electron chi connectivity index (χ4n) is 1.33.